The molecule has 2 aromatic heterocycles. The molecule has 0 N–H and O–H groups in total. The number of fused-ring (bicyclic) bond motifs is 2. The van der Waals surface area contributed by atoms with Gasteiger partial charge in [-0.05, 0) is 47.5 Å². The number of hydrogen-bond acceptors (Lipinski definition) is 4. The second-order valence-electron chi connectivity index (χ2n) is 11.2. The van der Waals surface area contributed by atoms with Crippen molar-refractivity contribution in [3.63, 3.8) is 0 Å². The van der Waals surface area contributed by atoms with E-state index in [0.29, 0.717) is 22.3 Å². The lowest BCUT2D eigenvalue weighted by atomic mass is 9.97. The first kappa shape index (κ1) is 31.5. The molecule has 8 rings (SSSR count). The van der Waals surface area contributed by atoms with Crippen molar-refractivity contribution in [2.24, 2.45) is 0 Å². The summed E-state index contributed by atoms with van der Waals surface area (Å²) in [7, 11) is 0. The molecule has 2 heterocycles. The third kappa shape index (κ3) is 6.92. The maximum Gasteiger partial charge on any atom is 0.352 e. The van der Waals surface area contributed by atoms with E-state index in [1.54, 1.807) is 12.1 Å². The van der Waals surface area contributed by atoms with Crippen LogP contribution in [0.3, 0.4) is 0 Å². The van der Waals surface area contributed by atoms with Crippen LogP contribution in [0.25, 0.3) is 44.2 Å². The Hall–Kier alpha value is -7.14. The maximum absolute atomic E-state index is 12.6. The SMILES string of the molecule is O=c1oc2ccccc2c(-c2ccccc2)c1C#Cc1ccccc1.O=c1oc2ccccc2c(-c2ccccc2)c1C#Cc1ccccc1. The third-order valence-corrected chi connectivity index (χ3v) is 7.96. The summed E-state index contributed by atoms with van der Waals surface area (Å²) in [5.41, 5.74) is 6.31. The topological polar surface area (TPSA) is 60.4 Å². The molecule has 0 spiro atoms. The molecule has 0 fully saturated rings. The summed E-state index contributed by atoms with van der Waals surface area (Å²) in [6, 6.07) is 53.9. The molecule has 4 heteroatoms. The first-order valence-corrected chi connectivity index (χ1v) is 16.0. The molecule has 50 heavy (non-hydrogen) atoms. The molecule has 6 aromatic carbocycles. The van der Waals surface area contributed by atoms with Crippen LogP contribution in [-0.2, 0) is 0 Å². The van der Waals surface area contributed by atoms with Crippen LogP contribution < -0.4 is 11.3 Å². The zero-order valence-electron chi connectivity index (χ0n) is 26.8. The Bertz CT molecular complexity index is 2480. The third-order valence-electron chi connectivity index (χ3n) is 7.96. The van der Waals surface area contributed by atoms with Crippen LogP contribution in [-0.4, -0.2) is 0 Å². The van der Waals surface area contributed by atoms with E-state index in [4.69, 9.17) is 8.83 Å². The van der Waals surface area contributed by atoms with Crippen molar-refractivity contribution in [2.75, 3.05) is 0 Å². The minimum absolute atomic E-state index is 0.383. The molecule has 0 aliphatic carbocycles. The molecule has 236 valence electrons. The Morgan fingerprint density at radius 1 is 0.340 bits per heavy atom. The predicted molar refractivity (Wildman–Crippen MR) is 201 cm³/mol. The van der Waals surface area contributed by atoms with Gasteiger partial charge in [0, 0.05) is 33.0 Å². The van der Waals surface area contributed by atoms with Crippen LogP contribution in [0, 0.1) is 23.7 Å². The van der Waals surface area contributed by atoms with Crippen LogP contribution >= 0.6 is 0 Å². The fourth-order valence-corrected chi connectivity index (χ4v) is 5.65. The van der Waals surface area contributed by atoms with E-state index in [9.17, 15) is 9.59 Å². The summed E-state index contributed by atoms with van der Waals surface area (Å²) in [4.78, 5) is 25.2. The van der Waals surface area contributed by atoms with Crippen molar-refractivity contribution in [1.82, 2.24) is 0 Å². The van der Waals surface area contributed by atoms with E-state index < -0.39 is 11.3 Å². The average Bonchev–Trinajstić information content (AvgIpc) is 3.17. The minimum atomic E-state index is -0.416. The van der Waals surface area contributed by atoms with Gasteiger partial charge < -0.3 is 8.83 Å². The summed E-state index contributed by atoms with van der Waals surface area (Å²) in [6.07, 6.45) is 0. The maximum atomic E-state index is 12.6. The van der Waals surface area contributed by atoms with E-state index in [0.717, 1.165) is 44.2 Å². The first-order valence-electron chi connectivity index (χ1n) is 16.0. The molecule has 0 aliphatic rings. The molecular weight excluding hydrogens is 617 g/mol. The lowest BCUT2D eigenvalue weighted by molar-refractivity contribution is 0.559. The van der Waals surface area contributed by atoms with Crippen molar-refractivity contribution in [3.8, 4) is 45.9 Å². The van der Waals surface area contributed by atoms with Crippen LogP contribution in [0.2, 0.25) is 0 Å². The lowest BCUT2D eigenvalue weighted by Crippen LogP contribution is -2.07. The van der Waals surface area contributed by atoms with E-state index in [1.165, 1.54) is 0 Å². The Balaban J connectivity index is 0.000000157. The van der Waals surface area contributed by atoms with Gasteiger partial charge >= 0.3 is 11.3 Å². The normalized spacial score (nSPS) is 10.2. The average molecular weight is 645 g/mol. The van der Waals surface area contributed by atoms with Gasteiger partial charge in [-0.25, -0.2) is 9.59 Å². The highest BCUT2D eigenvalue weighted by Crippen LogP contribution is 2.31. The zero-order chi connectivity index (χ0) is 34.1. The van der Waals surface area contributed by atoms with Gasteiger partial charge in [-0.1, -0.05) is 157 Å². The Morgan fingerprint density at radius 2 is 0.660 bits per heavy atom. The first-order chi connectivity index (χ1) is 24.7. The number of para-hydroxylation sites is 2. The van der Waals surface area contributed by atoms with Crippen molar-refractivity contribution >= 4 is 21.9 Å². The fourth-order valence-electron chi connectivity index (χ4n) is 5.65. The van der Waals surface area contributed by atoms with Gasteiger partial charge in [0.2, 0.25) is 0 Å². The number of hydrogen-bond donors (Lipinski definition) is 0. The summed E-state index contributed by atoms with van der Waals surface area (Å²) in [5, 5.41) is 1.76. The quantitative estimate of drug-likeness (QED) is 0.139. The standard InChI is InChI=1S/2C23H14O2/c2*24-23-20(16-15-17-9-3-1-4-10-17)22(18-11-5-2-6-12-18)19-13-7-8-14-21(19)25-23/h2*1-14H. The predicted octanol–water partition coefficient (Wildman–Crippen LogP) is 9.72. The largest absolute Gasteiger partial charge is 0.422 e. The van der Waals surface area contributed by atoms with Crippen molar-refractivity contribution < 1.29 is 8.83 Å². The lowest BCUT2D eigenvalue weighted by Gasteiger charge is -2.08. The van der Waals surface area contributed by atoms with Gasteiger partial charge in [-0.2, -0.15) is 0 Å². The van der Waals surface area contributed by atoms with Crippen molar-refractivity contribution in [3.05, 3.63) is 213 Å². The molecule has 0 atom stereocenters. The highest BCUT2D eigenvalue weighted by atomic mass is 16.4. The van der Waals surface area contributed by atoms with Crippen molar-refractivity contribution in [2.45, 2.75) is 0 Å². The van der Waals surface area contributed by atoms with Gasteiger partial charge in [0.25, 0.3) is 0 Å². The molecule has 0 saturated heterocycles. The molecule has 8 aromatic rings. The van der Waals surface area contributed by atoms with Gasteiger partial charge in [-0.15, -0.1) is 0 Å². The minimum Gasteiger partial charge on any atom is -0.422 e. The number of benzene rings is 6. The van der Waals surface area contributed by atoms with Gasteiger partial charge in [0.1, 0.15) is 22.3 Å². The molecule has 0 bridgehead atoms. The second kappa shape index (κ2) is 14.7. The van der Waals surface area contributed by atoms with E-state index in [-0.39, 0.29) is 0 Å². The van der Waals surface area contributed by atoms with Crippen LogP contribution in [0.4, 0.5) is 0 Å². The second-order valence-corrected chi connectivity index (χ2v) is 11.2. The molecule has 0 saturated carbocycles. The Labute approximate surface area is 288 Å². The van der Waals surface area contributed by atoms with Gasteiger partial charge in [0.15, 0.2) is 0 Å². The monoisotopic (exact) mass is 644 g/mol. The van der Waals surface area contributed by atoms with E-state index in [2.05, 4.69) is 23.7 Å². The molecule has 0 amide bonds. The molecular formula is C46H28O4. The Morgan fingerprint density at radius 3 is 1.04 bits per heavy atom. The highest BCUT2D eigenvalue weighted by Gasteiger charge is 2.16. The zero-order valence-corrected chi connectivity index (χ0v) is 26.8. The molecule has 4 nitrogen and oxygen atoms in total. The van der Waals surface area contributed by atoms with Crippen LogP contribution in [0.1, 0.15) is 22.3 Å². The summed E-state index contributed by atoms with van der Waals surface area (Å²) < 4.78 is 11.0. The highest BCUT2D eigenvalue weighted by molar-refractivity contribution is 5.97. The number of rotatable bonds is 2. The summed E-state index contributed by atoms with van der Waals surface area (Å²) >= 11 is 0. The van der Waals surface area contributed by atoms with Gasteiger partial charge in [0.05, 0.1) is 0 Å². The van der Waals surface area contributed by atoms with Crippen LogP contribution in [0.5, 0.6) is 0 Å². The van der Waals surface area contributed by atoms with Crippen LogP contribution in [0.15, 0.2) is 188 Å². The summed E-state index contributed by atoms with van der Waals surface area (Å²) in [6.45, 7) is 0. The van der Waals surface area contributed by atoms with Crippen molar-refractivity contribution in [1.29, 1.82) is 0 Å². The molecule has 0 aliphatic heterocycles. The van der Waals surface area contributed by atoms with E-state index >= 15 is 0 Å². The smallest absolute Gasteiger partial charge is 0.352 e. The molecule has 0 unspecified atom stereocenters. The van der Waals surface area contributed by atoms with Gasteiger partial charge in [-0.3, -0.25) is 0 Å². The Kier molecular flexibility index (Phi) is 9.27. The van der Waals surface area contributed by atoms with E-state index in [1.807, 2.05) is 158 Å². The molecule has 0 radical (unpaired) electrons. The summed E-state index contributed by atoms with van der Waals surface area (Å²) in [5.74, 6) is 12.2. The fraction of sp³-hybridized carbons (Fsp3) is 0.